The van der Waals surface area contributed by atoms with Gasteiger partial charge in [-0.25, -0.2) is 0 Å². The maximum atomic E-state index is 6.15. The Morgan fingerprint density at radius 2 is 2.00 bits per heavy atom. The van der Waals surface area contributed by atoms with E-state index in [4.69, 9.17) is 11.6 Å². The first-order valence-electron chi connectivity index (χ1n) is 6.11. The molecule has 0 aliphatic heterocycles. The Labute approximate surface area is 118 Å². The molecule has 0 aliphatic carbocycles. The number of thiophene rings is 1. The van der Waals surface area contributed by atoms with Gasteiger partial charge in [0, 0.05) is 27.4 Å². The lowest BCUT2D eigenvalue weighted by atomic mass is 10.1. The van der Waals surface area contributed by atoms with Gasteiger partial charge < -0.3 is 5.32 Å². The van der Waals surface area contributed by atoms with Crippen molar-refractivity contribution in [3.63, 3.8) is 0 Å². The summed E-state index contributed by atoms with van der Waals surface area (Å²) in [6, 6.07) is 10.6. The molecule has 1 N–H and O–H groups in total. The van der Waals surface area contributed by atoms with Crippen LogP contribution in [0.5, 0.6) is 0 Å². The molecule has 1 unspecified atom stereocenters. The smallest absolute Gasteiger partial charge is 0.0450 e. The van der Waals surface area contributed by atoms with Crippen molar-refractivity contribution in [2.45, 2.75) is 33.4 Å². The van der Waals surface area contributed by atoms with Gasteiger partial charge in [-0.2, -0.15) is 0 Å². The van der Waals surface area contributed by atoms with Crippen molar-refractivity contribution < 1.29 is 0 Å². The Morgan fingerprint density at radius 1 is 1.28 bits per heavy atom. The molecule has 2 aromatic rings. The quantitative estimate of drug-likeness (QED) is 0.842. The van der Waals surface area contributed by atoms with Crippen LogP contribution >= 0.6 is 22.9 Å². The molecule has 3 heteroatoms. The summed E-state index contributed by atoms with van der Waals surface area (Å²) in [6.45, 7) is 7.34. The number of hydrogen-bond acceptors (Lipinski definition) is 2. The van der Waals surface area contributed by atoms with E-state index in [0.29, 0.717) is 6.04 Å². The van der Waals surface area contributed by atoms with E-state index in [1.165, 1.54) is 15.3 Å². The monoisotopic (exact) mass is 279 g/mol. The van der Waals surface area contributed by atoms with Crippen LogP contribution in [0.2, 0.25) is 5.02 Å². The number of halogens is 1. The fourth-order valence-electron chi connectivity index (χ4n) is 2.10. The average molecular weight is 280 g/mol. The minimum Gasteiger partial charge on any atom is -0.306 e. The summed E-state index contributed by atoms with van der Waals surface area (Å²) in [4.78, 5) is 2.76. The summed E-state index contributed by atoms with van der Waals surface area (Å²) in [5.74, 6) is 0. The van der Waals surface area contributed by atoms with Crippen LogP contribution in [0.3, 0.4) is 0 Å². The Hall–Kier alpha value is -0.830. The van der Waals surface area contributed by atoms with Gasteiger partial charge in [0.1, 0.15) is 0 Å². The van der Waals surface area contributed by atoms with Crippen molar-refractivity contribution in [1.82, 2.24) is 5.32 Å². The first-order valence-corrected chi connectivity index (χ1v) is 7.31. The minimum absolute atomic E-state index is 0.353. The van der Waals surface area contributed by atoms with Crippen molar-refractivity contribution in [3.8, 4) is 0 Å². The average Bonchev–Trinajstić information content (AvgIpc) is 2.67. The molecular weight excluding hydrogens is 262 g/mol. The second-order valence-corrected chi connectivity index (χ2v) is 6.43. The number of aryl methyl sites for hydroxylation is 2. The molecule has 0 saturated heterocycles. The summed E-state index contributed by atoms with van der Waals surface area (Å²) in [6.07, 6.45) is 0. The van der Waals surface area contributed by atoms with Gasteiger partial charge in [-0.05, 0) is 44.0 Å². The highest BCUT2D eigenvalue weighted by atomic mass is 35.5. The first-order chi connectivity index (χ1) is 8.58. The van der Waals surface area contributed by atoms with E-state index in [9.17, 15) is 0 Å². The molecule has 1 heterocycles. The standard InChI is InChI=1S/C15H18ClNS/c1-10-8-14(12(3)18-10)11(2)17-9-13-6-4-5-7-15(13)16/h4-8,11,17H,9H2,1-3H3. The molecule has 1 atom stereocenters. The molecule has 18 heavy (non-hydrogen) atoms. The van der Waals surface area contributed by atoms with Crippen LogP contribution in [0.1, 0.15) is 33.8 Å². The lowest BCUT2D eigenvalue weighted by Crippen LogP contribution is -2.18. The van der Waals surface area contributed by atoms with Crippen LogP contribution in [0.15, 0.2) is 30.3 Å². The molecule has 1 aromatic heterocycles. The number of rotatable bonds is 4. The van der Waals surface area contributed by atoms with Crippen molar-refractivity contribution in [1.29, 1.82) is 0 Å². The third-order valence-corrected chi connectivity index (χ3v) is 4.45. The Kier molecular flexibility index (Phi) is 4.44. The van der Waals surface area contributed by atoms with Gasteiger partial charge in [0.05, 0.1) is 0 Å². The summed E-state index contributed by atoms with van der Waals surface area (Å²) in [5.41, 5.74) is 2.54. The third-order valence-electron chi connectivity index (χ3n) is 3.10. The van der Waals surface area contributed by atoms with Crippen LogP contribution in [0.4, 0.5) is 0 Å². The van der Waals surface area contributed by atoms with Crippen LogP contribution in [-0.4, -0.2) is 0 Å². The lowest BCUT2D eigenvalue weighted by Gasteiger charge is -2.14. The first kappa shape index (κ1) is 13.6. The molecule has 0 aliphatic rings. The zero-order valence-electron chi connectivity index (χ0n) is 11.0. The second-order valence-electron chi connectivity index (χ2n) is 4.56. The third kappa shape index (κ3) is 3.14. The maximum absolute atomic E-state index is 6.15. The molecule has 96 valence electrons. The topological polar surface area (TPSA) is 12.0 Å². The molecule has 0 radical (unpaired) electrons. The van der Waals surface area contributed by atoms with Gasteiger partial charge >= 0.3 is 0 Å². The van der Waals surface area contributed by atoms with E-state index in [2.05, 4.69) is 38.2 Å². The predicted molar refractivity (Wildman–Crippen MR) is 80.5 cm³/mol. The Morgan fingerprint density at radius 3 is 2.61 bits per heavy atom. The van der Waals surface area contributed by atoms with Crippen LogP contribution in [0.25, 0.3) is 0 Å². The zero-order chi connectivity index (χ0) is 13.1. The lowest BCUT2D eigenvalue weighted by molar-refractivity contribution is 0.574. The minimum atomic E-state index is 0.353. The highest BCUT2D eigenvalue weighted by Crippen LogP contribution is 2.26. The summed E-state index contributed by atoms with van der Waals surface area (Å²) < 4.78 is 0. The van der Waals surface area contributed by atoms with Gasteiger partial charge in [0.15, 0.2) is 0 Å². The molecule has 0 spiro atoms. The largest absolute Gasteiger partial charge is 0.306 e. The van der Waals surface area contributed by atoms with Gasteiger partial charge in [-0.3, -0.25) is 0 Å². The van der Waals surface area contributed by atoms with Gasteiger partial charge in [0.2, 0.25) is 0 Å². The molecule has 1 aromatic carbocycles. The van der Waals surface area contributed by atoms with E-state index < -0.39 is 0 Å². The molecule has 0 fully saturated rings. The molecule has 0 saturated carbocycles. The van der Waals surface area contributed by atoms with Crippen molar-refractivity contribution in [2.24, 2.45) is 0 Å². The highest BCUT2D eigenvalue weighted by Gasteiger charge is 2.11. The highest BCUT2D eigenvalue weighted by molar-refractivity contribution is 7.12. The van der Waals surface area contributed by atoms with Gasteiger partial charge in [-0.1, -0.05) is 29.8 Å². The van der Waals surface area contributed by atoms with Crippen molar-refractivity contribution in [2.75, 3.05) is 0 Å². The summed E-state index contributed by atoms with van der Waals surface area (Å²) in [7, 11) is 0. The predicted octanol–water partition coefficient (Wildman–Crippen LogP) is 4.87. The molecule has 0 bridgehead atoms. The van der Waals surface area contributed by atoms with Crippen LogP contribution in [0, 0.1) is 13.8 Å². The fourth-order valence-corrected chi connectivity index (χ4v) is 3.32. The summed E-state index contributed by atoms with van der Waals surface area (Å²) in [5, 5.41) is 4.36. The van der Waals surface area contributed by atoms with E-state index >= 15 is 0 Å². The van der Waals surface area contributed by atoms with Crippen LogP contribution in [-0.2, 0) is 6.54 Å². The normalized spacial score (nSPS) is 12.7. The number of nitrogens with one attached hydrogen (secondary N) is 1. The maximum Gasteiger partial charge on any atom is 0.0450 e. The second kappa shape index (κ2) is 5.87. The van der Waals surface area contributed by atoms with Crippen molar-refractivity contribution >= 4 is 22.9 Å². The zero-order valence-corrected chi connectivity index (χ0v) is 12.5. The summed E-state index contributed by atoms with van der Waals surface area (Å²) >= 11 is 8.01. The molecular formula is C15H18ClNS. The van der Waals surface area contributed by atoms with Gasteiger partial charge in [-0.15, -0.1) is 11.3 Å². The molecule has 1 nitrogen and oxygen atoms in total. The van der Waals surface area contributed by atoms with Crippen molar-refractivity contribution in [3.05, 3.63) is 56.2 Å². The fraction of sp³-hybridized carbons (Fsp3) is 0.333. The van der Waals surface area contributed by atoms with E-state index in [0.717, 1.165) is 17.1 Å². The van der Waals surface area contributed by atoms with E-state index in [-0.39, 0.29) is 0 Å². The molecule has 0 amide bonds. The number of hydrogen-bond donors (Lipinski definition) is 1. The van der Waals surface area contributed by atoms with Crippen LogP contribution < -0.4 is 5.32 Å². The number of benzene rings is 1. The Balaban J connectivity index is 2.03. The van der Waals surface area contributed by atoms with Gasteiger partial charge in [0.25, 0.3) is 0 Å². The SMILES string of the molecule is Cc1cc(C(C)NCc2ccccc2Cl)c(C)s1. The Bertz CT molecular complexity index is 533. The van der Waals surface area contributed by atoms with E-state index in [1.54, 1.807) is 0 Å². The van der Waals surface area contributed by atoms with E-state index in [1.807, 2.05) is 29.5 Å². The molecule has 2 rings (SSSR count).